The molecule has 0 bridgehead atoms. The number of imidazole rings is 1. The highest BCUT2D eigenvalue weighted by Gasteiger charge is 2.41. The summed E-state index contributed by atoms with van der Waals surface area (Å²) in [5, 5.41) is 4.53. The Bertz CT molecular complexity index is 764. The van der Waals surface area contributed by atoms with Crippen molar-refractivity contribution >= 4 is 28.7 Å². The topological polar surface area (TPSA) is 61.0 Å². The maximum atomic E-state index is 12.9. The summed E-state index contributed by atoms with van der Waals surface area (Å²) in [6, 6.07) is 8.89. The van der Waals surface area contributed by atoms with Gasteiger partial charge in [0.2, 0.25) is 5.91 Å². The predicted octanol–water partition coefficient (Wildman–Crippen LogP) is 4.35. The second kappa shape index (κ2) is 8.87. The van der Waals surface area contributed by atoms with Crippen LogP contribution in [0.15, 0.2) is 29.4 Å². The van der Waals surface area contributed by atoms with Crippen LogP contribution in [-0.4, -0.2) is 50.7 Å². The Balaban J connectivity index is 1.49. The third-order valence-electron chi connectivity index (χ3n) is 5.97. The molecule has 4 rings (SSSR count). The third kappa shape index (κ3) is 4.54. The van der Waals surface area contributed by atoms with Crippen molar-refractivity contribution in [2.45, 2.75) is 87.3 Å². The summed E-state index contributed by atoms with van der Waals surface area (Å²) in [6.45, 7) is 5.06. The average Bonchev–Trinajstić information content (AvgIpc) is 3.16. The molecule has 1 aliphatic carbocycles. The van der Waals surface area contributed by atoms with Gasteiger partial charge in [0.1, 0.15) is 0 Å². The number of benzene rings is 1. The number of hydrogen-bond acceptors (Lipinski definition) is 4. The molecule has 0 radical (unpaired) electrons. The van der Waals surface area contributed by atoms with Crippen molar-refractivity contribution in [2.24, 2.45) is 0 Å². The van der Waals surface area contributed by atoms with Crippen LogP contribution in [0, 0.1) is 0 Å². The standard InChI is InChI=1S/C22H32N4OS/c1-15(2)23-21(27)20-13-17(14-26(20)16-9-5-3-4-6-10-16)28-22-24-18-11-7-8-12-19(18)25-22/h7-8,11-12,15-17,20H,3-6,9-10,13-14H2,1-2H3,(H,23,27)(H,24,25)/t17-,20-/m0/s1. The van der Waals surface area contributed by atoms with E-state index in [1.165, 1.54) is 38.5 Å². The van der Waals surface area contributed by atoms with E-state index in [1.54, 1.807) is 11.8 Å². The van der Waals surface area contributed by atoms with Crippen molar-refractivity contribution in [3.8, 4) is 0 Å². The quantitative estimate of drug-likeness (QED) is 0.733. The Hall–Kier alpha value is -1.53. The van der Waals surface area contributed by atoms with Gasteiger partial charge in [-0.05, 0) is 45.2 Å². The SMILES string of the molecule is CC(C)NC(=O)[C@@H]1C[C@H](Sc2nc3ccccc3[nH]2)CN1C1CCCCCC1. The van der Waals surface area contributed by atoms with Crippen LogP contribution in [0.5, 0.6) is 0 Å². The Morgan fingerprint density at radius 1 is 1.21 bits per heavy atom. The van der Waals surface area contributed by atoms with Gasteiger partial charge in [0.15, 0.2) is 5.16 Å². The van der Waals surface area contributed by atoms with E-state index in [9.17, 15) is 4.79 Å². The highest BCUT2D eigenvalue weighted by atomic mass is 32.2. The maximum Gasteiger partial charge on any atom is 0.237 e. The van der Waals surface area contributed by atoms with Gasteiger partial charge in [-0.1, -0.05) is 49.6 Å². The summed E-state index contributed by atoms with van der Waals surface area (Å²) in [5.74, 6) is 0.201. The number of likely N-dealkylation sites (tertiary alicyclic amines) is 1. The molecule has 1 amide bonds. The molecule has 28 heavy (non-hydrogen) atoms. The molecule has 2 aliphatic rings. The van der Waals surface area contributed by atoms with E-state index in [-0.39, 0.29) is 18.0 Å². The fourth-order valence-corrected chi connectivity index (χ4v) is 5.84. The van der Waals surface area contributed by atoms with Crippen LogP contribution in [0.4, 0.5) is 0 Å². The Morgan fingerprint density at radius 2 is 1.96 bits per heavy atom. The van der Waals surface area contributed by atoms with E-state index in [1.807, 2.05) is 32.0 Å². The molecule has 6 heteroatoms. The zero-order valence-corrected chi connectivity index (χ0v) is 17.8. The van der Waals surface area contributed by atoms with Gasteiger partial charge in [-0.3, -0.25) is 9.69 Å². The maximum absolute atomic E-state index is 12.9. The number of aromatic nitrogens is 2. The van der Waals surface area contributed by atoms with Gasteiger partial charge in [-0.15, -0.1) is 0 Å². The lowest BCUT2D eigenvalue weighted by atomic mass is 10.1. The fraction of sp³-hybridized carbons (Fsp3) is 0.636. The molecule has 1 aromatic carbocycles. The van der Waals surface area contributed by atoms with Crippen LogP contribution in [0.25, 0.3) is 11.0 Å². The number of carbonyl (C=O) groups is 1. The van der Waals surface area contributed by atoms with Crippen molar-refractivity contribution in [3.63, 3.8) is 0 Å². The minimum Gasteiger partial charge on any atom is -0.353 e. The highest BCUT2D eigenvalue weighted by molar-refractivity contribution is 7.99. The summed E-state index contributed by atoms with van der Waals surface area (Å²) < 4.78 is 0. The van der Waals surface area contributed by atoms with Crippen molar-refractivity contribution in [2.75, 3.05) is 6.54 Å². The van der Waals surface area contributed by atoms with E-state index < -0.39 is 0 Å². The van der Waals surface area contributed by atoms with Gasteiger partial charge >= 0.3 is 0 Å². The summed E-state index contributed by atoms with van der Waals surface area (Å²) in [4.78, 5) is 23.6. The molecule has 0 spiro atoms. The lowest BCUT2D eigenvalue weighted by Crippen LogP contribution is -2.49. The number of rotatable bonds is 5. The van der Waals surface area contributed by atoms with Crippen LogP contribution in [-0.2, 0) is 4.79 Å². The summed E-state index contributed by atoms with van der Waals surface area (Å²) in [5.41, 5.74) is 2.09. The first kappa shape index (κ1) is 19.8. The third-order valence-corrected chi connectivity index (χ3v) is 7.07. The number of para-hydroxylation sites is 2. The molecule has 2 heterocycles. The van der Waals surface area contributed by atoms with E-state index in [0.29, 0.717) is 11.3 Å². The number of H-pyrrole nitrogens is 1. The fourth-order valence-electron chi connectivity index (χ4n) is 4.68. The van der Waals surface area contributed by atoms with Gasteiger partial charge in [0.05, 0.1) is 17.1 Å². The number of nitrogens with one attached hydrogen (secondary N) is 2. The first-order valence-electron chi connectivity index (χ1n) is 10.8. The van der Waals surface area contributed by atoms with Crippen LogP contribution >= 0.6 is 11.8 Å². The van der Waals surface area contributed by atoms with E-state index in [0.717, 1.165) is 29.2 Å². The molecule has 1 saturated carbocycles. The molecule has 0 unspecified atom stereocenters. The van der Waals surface area contributed by atoms with Gasteiger partial charge in [0.25, 0.3) is 0 Å². The molecule has 2 fully saturated rings. The first-order valence-corrected chi connectivity index (χ1v) is 11.7. The molecule has 152 valence electrons. The van der Waals surface area contributed by atoms with E-state index in [4.69, 9.17) is 4.98 Å². The Labute approximate surface area is 172 Å². The second-order valence-corrected chi connectivity index (χ2v) is 9.85. The number of amides is 1. The van der Waals surface area contributed by atoms with Gasteiger partial charge in [-0.2, -0.15) is 0 Å². The number of carbonyl (C=O) groups excluding carboxylic acids is 1. The largest absolute Gasteiger partial charge is 0.353 e. The first-order chi connectivity index (χ1) is 13.6. The summed E-state index contributed by atoms with van der Waals surface area (Å²) in [7, 11) is 0. The summed E-state index contributed by atoms with van der Waals surface area (Å²) in [6.07, 6.45) is 8.62. The molecule has 1 aliphatic heterocycles. The molecule has 2 aromatic rings. The lowest BCUT2D eigenvalue weighted by molar-refractivity contribution is -0.126. The second-order valence-electron chi connectivity index (χ2n) is 8.56. The molecular formula is C22H32N4OS. The molecular weight excluding hydrogens is 368 g/mol. The summed E-state index contributed by atoms with van der Waals surface area (Å²) >= 11 is 1.80. The van der Waals surface area contributed by atoms with E-state index >= 15 is 0 Å². The number of fused-ring (bicyclic) bond motifs is 1. The Kier molecular flexibility index (Phi) is 6.26. The van der Waals surface area contributed by atoms with Crippen molar-refractivity contribution in [3.05, 3.63) is 24.3 Å². The number of thioether (sulfide) groups is 1. The number of hydrogen-bond donors (Lipinski definition) is 2. The highest BCUT2D eigenvalue weighted by Crippen LogP contribution is 2.36. The minimum absolute atomic E-state index is 0.00706. The molecule has 1 saturated heterocycles. The van der Waals surface area contributed by atoms with Crippen LogP contribution in [0.3, 0.4) is 0 Å². The zero-order chi connectivity index (χ0) is 19.5. The van der Waals surface area contributed by atoms with E-state index in [2.05, 4.69) is 21.3 Å². The lowest BCUT2D eigenvalue weighted by Gasteiger charge is -2.32. The van der Waals surface area contributed by atoms with Gasteiger partial charge < -0.3 is 10.3 Å². The molecule has 2 N–H and O–H groups in total. The minimum atomic E-state index is -0.00706. The van der Waals surface area contributed by atoms with Crippen LogP contribution in [0.1, 0.15) is 58.8 Å². The smallest absolute Gasteiger partial charge is 0.237 e. The predicted molar refractivity (Wildman–Crippen MR) is 116 cm³/mol. The monoisotopic (exact) mass is 400 g/mol. The molecule has 5 nitrogen and oxygen atoms in total. The van der Waals surface area contributed by atoms with Crippen molar-refractivity contribution in [1.82, 2.24) is 20.2 Å². The van der Waals surface area contributed by atoms with Crippen LogP contribution < -0.4 is 5.32 Å². The number of nitrogens with zero attached hydrogens (tertiary/aromatic N) is 2. The Morgan fingerprint density at radius 3 is 2.68 bits per heavy atom. The zero-order valence-electron chi connectivity index (χ0n) is 17.0. The van der Waals surface area contributed by atoms with Crippen LogP contribution in [0.2, 0.25) is 0 Å². The molecule has 2 atom stereocenters. The van der Waals surface area contributed by atoms with Gasteiger partial charge in [-0.25, -0.2) is 4.98 Å². The average molecular weight is 401 g/mol. The van der Waals surface area contributed by atoms with Gasteiger partial charge in [0, 0.05) is 23.9 Å². The molecule has 1 aromatic heterocycles. The van der Waals surface area contributed by atoms with Crippen molar-refractivity contribution in [1.29, 1.82) is 0 Å². The number of aromatic amines is 1. The normalized spacial score (nSPS) is 24.7. The van der Waals surface area contributed by atoms with Crippen molar-refractivity contribution < 1.29 is 4.79 Å².